The van der Waals surface area contributed by atoms with E-state index in [1.165, 1.54) is 25.5 Å². The second kappa shape index (κ2) is 9.11. The highest BCUT2D eigenvalue weighted by atomic mass is 32.1. The smallest absolute Gasteiger partial charge is 0.337 e. The molecule has 0 amide bonds. The number of benzene rings is 1. The van der Waals surface area contributed by atoms with Gasteiger partial charge in [-0.05, 0) is 42.7 Å². The molecule has 0 unspecified atom stereocenters. The van der Waals surface area contributed by atoms with Gasteiger partial charge in [0.05, 0.1) is 18.4 Å². The number of ether oxygens (including phenoxy) is 1. The van der Waals surface area contributed by atoms with Crippen LogP contribution in [-0.2, 0) is 10.2 Å². The van der Waals surface area contributed by atoms with Gasteiger partial charge >= 0.3 is 5.97 Å². The quantitative estimate of drug-likeness (QED) is 0.519. The second-order valence-corrected chi connectivity index (χ2v) is 7.50. The van der Waals surface area contributed by atoms with Crippen LogP contribution in [0.3, 0.4) is 0 Å². The lowest BCUT2D eigenvalue weighted by Gasteiger charge is -2.27. The molecule has 1 aromatic carbocycles. The van der Waals surface area contributed by atoms with Crippen LogP contribution in [0.5, 0.6) is 0 Å². The number of nitrogens with zero attached hydrogens (tertiary/aromatic N) is 2. The number of aromatic nitrogens is 2. The van der Waals surface area contributed by atoms with Crippen LogP contribution < -0.4 is 0 Å². The molecule has 1 fully saturated rings. The summed E-state index contributed by atoms with van der Waals surface area (Å²) in [4.78, 5) is 20.9. The third-order valence-electron chi connectivity index (χ3n) is 5.19. The summed E-state index contributed by atoms with van der Waals surface area (Å²) in [5.41, 5.74) is 3.79. The average molecular weight is 395 g/mol. The van der Waals surface area contributed by atoms with Gasteiger partial charge in [-0.25, -0.2) is 9.78 Å². The molecular weight excluding hydrogens is 368 g/mol. The van der Waals surface area contributed by atoms with Crippen LogP contribution in [-0.4, -0.2) is 23.0 Å². The SMILES string of the molecule is CC.COC(=O)c1ccc(C2(c3nc(-c4cccnc4)cs3)CCCC2)cc1. The summed E-state index contributed by atoms with van der Waals surface area (Å²) in [6, 6.07) is 11.8. The summed E-state index contributed by atoms with van der Waals surface area (Å²) in [6.07, 6.45) is 8.19. The first-order valence-electron chi connectivity index (χ1n) is 9.78. The number of pyridine rings is 1. The fourth-order valence-corrected chi connectivity index (χ4v) is 4.90. The van der Waals surface area contributed by atoms with Gasteiger partial charge in [0.1, 0.15) is 5.01 Å². The molecule has 5 heteroatoms. The minimum absolute atomic E-state index is 0.0558. The molecule has 2 aromatic heterocycles. The molecule has 1 aliphatic carbocycles. The predicted molar refractivity (Wildman–Crippen MR) is 114 cm³/mol. The van der Waals surface area contributed by atoms with E-state index in [2.05, 4.69) is 22.5 Å². The van der Waals surface area contributed by atoms with Crippen LogP contribution in [0.4, 0.5) is 0 Å². The van der Waals surface area contributed by atoms with E-state index in [9.17, 15) is 4.79 Å². The average Bonchev–Trinajstić information content (AvgIpc) is 3.46. The van der Waals surface area contributed by atoms with Crippen LogP contribution in [0, 0.1) is 0 Å². The molecule has 1 saturated carbocycles. The zero-order valence-electron chi connectivity index (χ0n) is 16.6. The maximum absolute atomic E-state index is 11.7. The third kappa shape index (κ3) is 3.85. The summed E-state index contributed by atoms with van der Waals surface area (Å²) in [7, 11) is 1.41. The van der Waals surface area contributed by atoms with Crippen molar-refractivity contribution in [1.82, 2.24) is 9.97 Å². The number of carbonyl (C=O) groups excluding carboxylic acids is 1. The van der Waals surface area contributed by atoms with Crippen molar-refractivity contribution < 1.29 is 9.53 Å². The maximum Gasteiger partial charge on any atom is 0.337 e. The predicted octanol–water partition coefficient (Wildman–Crippen LogP) is 5.88. The van der Waals surface area contributed by atoms with Crippen molar-refractivity contribution in [3.8, 4) is 11.3 Å². The number of rotatable bonds is 4. The van der Waals surface area contributed by atoms with Gasteiger partial charge in [0.15, 0.2) is 0 Å². The Morgan fingerprint density at radius 1 is 1.11 bits per heavy atom. The minimum atomic E-state index is -0.301. The van der Waals surface area contributed by atoms with E-state index in [4.69, 9.17) is 9.72 Å². The molecule has 4 nitrogen and oxygen atoms in total. The Bertz CT molecular complexity index is 898. The summed E-state index contributed by atoms with van der Waals surface area (Å²) < 4.78 is 4.81. The Labute approximate surface area is 170 Å². The molecule has 1 aliphatic rings. The molecule has 0 N–H and O–H groups in total. The van der Waals surface area contributed by atoms with Crippen molar-refractivity contribution in [2.45, 2.75) is 44.9 Å². The van der Waals surface area contributed by atoms with Crippen molar-refractivity contribution in [3.63, 3.8) is 0 Å². The maximum atomic E-state index is 11.7. The van der Waals surface area contributed by atoms with E-state index < -0.39 is 0 Å². The summed E-state index contributed by atoms with van der Waals surface area (Å²) in [6.45, 7) is 4.00. The summed E-state index contributed by atoms with van der Waals surface area (Å²) in [5.74, 6) is -0.301. The molecule has 146 valence electrons. The van der Waals surface area contributed by atoms with Crippen molar-refractivity contribution in [2.75, 3.05) is 7.11 Å². The molecule has 0 atom stereocenters. The molecule has 28 heavy (non-hydrogen) atoms. The fourth-order valence-electron chi connectivity index (χ4n) is 3.79. The molecule has 4 rings (SSSR count). The molecule has 0 saturated heterocycles. The lowest BCUT2D eigenvalue weighted by atomic mass is 9.79. The van der Waals surface area contributed by atoms with Gasteiger partial charge in [-0.1, -0.05) is 38.8 Å². The van der Waals surface area contributed by atoms with Crippen LogP contribution in [0.15, 0.2) is 54.2 Å². The van der Waals surface area contributed by atoms with Gasteiger partial charge in [-0.3, -0.25) is 4.98 Å². The van der Waals surface area contributed by atoms with Gasteiger partial charge in [0.25, 0.3) is 0 Å². The van der Waals surface area contributed by atoms with Crippen LogP contribution in [0.25, 0.3) is 11.3 Å². The number of hydrogen-bond acceptors (Lipinski definition) is 5. The molecular formula is C23H26N2O2S. The molecule has 2 heterocycles. The van der Waals surface area contributed by atoms with E-state index in [1.807, 2.05) is 44.3 Å². The second-order valence-electron chi connectivity index (χ2n) is 6.64. The van der Waals surface area contributed by atoms with Gasteiger partial charge in [0, 0.05) is 28.8 Å². The fraction of sp³-hybridized carbons (Fsp3) is 0.348. The van der Waals surface area contributed by atoms with Crippen LogP contribution >= 0.6 is 11.3 Å². The highest BCUT2D eigenvalue weighted by Gasteiger charge is 2.40. The summed E-state index contributed by atoms with van der Waals surface area (Å²) >= 11 is 1.72. The topological polar surface area (TPSA) is 52.1 Å². The van der Waals surface area contributed by atoms with E-state index in [-0.39, 0.29) is 11.4 Å². The molecule has 0 aliphatic heterocycles. The highest BCUT2D eigenvalue weighted by Crippen LogP contribution is 2.48. The van der Waals surface area contributed by atoms with E-state index >= 15 is 0 Å². The van der Waals surface area contributed by atoms with E-state index in [1.54, 1.807) is 17.5 Å². The number of esters is 1. The first-order chi connectivity index (χ1) is 13.7. The van der Waals surface area contributed by atoms with Crippen LogP contribution in [0.1, 0.15) is 60.5 Å². The highest BCUT2D eigenvalue weighted by molar-refractivity contribution is 7.10. The molecule has 3 aromatic rings. The monoisotopic (exact) mass is 394 g/mol. The van der Waals surface area contributed by atoms with E-state index in [0.717, 1.165) is 29.1 Å². The van der Waals surface area contributed by atoms with E-state index in [0.29, 0.717) is 5.56 Å². The largest absolute Gasteiger partial charge is 0.465 e. The van der Waals surface area contributed by atoms with Crippen molar-refractivity contribution in [2.24, 2.45) is 0 Å². The third-order valence-corrected chi connectivity index (χ3v) is 6.23. The van der Waals surface area contributed by atoms with Crippen molar-refractivity contribution in [3.05, 3.63) is 70.3 Å². The lowest BCUT2D eigenvalue weighted by Crippen LogP contribution is -2.23. The Kier molecular flexibility index (Phi) is 6.57. The zero-order chi connectivity index (χ0) is 20.0. The van der Waals surface area contributed by atoms with Gasteiger partial charge in [0.2, 0.25) is 0 Å². The van der Waals surface area contributed by atoms with Crippen molar-refractivity contribution >= 4 is 17.3 Å². The van der Waals surface area contributed by atoms with Crippen LogP contribution in [0.2, 0.25) is 0 Å². The number of methoxy groups -OCH3 is 1. The first kappa shape index (κ1) is 20.2. The normalized spacial score (nSPS) is 14.8. The molecule has 0 radical (unpaired) electrons. The van der Waals surface area contributed by atoms with Crippen molar-refractivity contribution in [1.29, 1.82) is 0 Å². The van der Waals surface area contributed by atoms with Gasteiger partial charge in [-0.2, -0.15) is 0 Å². The number of hydrogen-bond donors (Lipinski definition) is 0. The Hall–Kier alpha value is -2.53. The van der Waals surface area contributed by atoms with Gasteiger partial charge in [-0.15, -0.1) is 11.3 Å². The standard InChI is InChI=1S/C21H20N2O2S.C2H6/c1-25-19(24)15-6-8-17(9-7-15)21(10-2-3-11-21)20-23-18(14-26-20)16-5-4-12-22-13-16;1-2/h4-9,12-14H,2-3,10-11H2,1H3;1-2H3. The molecule has 0 bridgehead atoms. The number of carbonyl (C=O) groups is 1. The minimum Gasteiger partial charge on any atom is -0.465 e. The lowest BCUT2D eigenvalue weighted by molar-refractivity contribution is 0.0600. The Balaban J connectivity index is 0.00000109. The Morgan fingerprint density at radius 3 is 2.43 bits per heavy atom. The van der Waals surface area contributed by atoms with Gasteiger partial charge < -0.3 is 4.74 Å². The molecule has 0 spiro atoms. The summed E-state index contributed by atoms with van der Waals surface area (Å²) in [5, 5.41) is 3.27. The number of thiazole rings is 1. The Morgan fingerprint density at radius 2 is 1.82 bits per heavy atom. The zero-order valence-corrected chi connectivity index (χ0v) is 17.5. The first-order valence-corrected chi connectivity index (χ1v) is 10.7.